The number of para-hydroxylation sites is 1. The van der Waals surface area contributed by atoms with E-state index in [1.807, 2.05) is 37.3 Å². The lowest BCUT2D eigenvalue weighted by Crippen LogP contribution is -1.95. The van der Waals surface area contributed by atoms with Crippen molar-refractivity contribution < 1.29 is 4.79 Å². The highest BCUT2D eigenvalue weighted by Gasteiger charge is 2.13. The second-order valence-electron chi connectivity index (χ2n) is 4.84. The molecule has 3 aromatic rings. The number of hydrogen-bond donors (Lipinski definition) is 0. The van der Waals surface area contributed by atoms with Crippen LogP contribution in [0.15, 0.2) is 48.5 Å². The van der Waals surface area contributed by atoms with Crippen molar-refractivity contribution in [1.82, 2.24) is 9.78 Å². The Balaban J connectivity index is 1.90. The normalized spacial score (nSPS) is 11.3. The van der Waals surface area contributed by atoms with Gasteiger partial charge in [-0.2, -0.15) is 5.10 Å². The summed E-state index contributed by atoms with van der Waals surface area (Å²) in [7, 11) is 0. The lowest BCUT2D eigenvalue weighted by atomic mass is 10.2. The number of allylic oxidation sites excluding steroid dienone is 1. The average Bonchev–Trinajstić information content (AvgIpc) is 3.10. The van der Waals surface area contributed by atoms with E-state index in [4.69, 9.17) is 23.2 Å². The summed E-state index contributed by atoms with van der Waals surface area (Å²) in [5, 5.41) is 4.91. The minimum Gasteiger partial charge on any atom is -0.288 e. The van der Waals surface area contributed by atoms with E-state index in [-0.39, 0.29) is 5.78 Å². The fourth-order valence-electron chi connectivity index (χ4n) is 2.13. The molecule has 116 valence electrons. The molecule has 0 fully saturated rings. The molecular formula is C17H12Cl2N2OS. The molecule has 0 atom stereocenters. The molecule has 3 nitrogen and oxygen atoms in total. The highest BCUT2D eigenvalue weighted by molar-refractivity contribution is 7.18. The van der Waals surface area contributed by atoms with Gasteiger partial charge in [-0.25, -0.2) is 4.68 Å². The van der Waals surface area contributed by atoms with Gasteiger partial charge in [0.25, 0.3) is 0 Å². The van der Waals surface area contributed by atoms with E-state index in [9.17, 15) is 4.79 Å². The predicted molar refractivity (Wildman–Crippen MR) is 96.0 cm³/mol. The van der Waals surface area contributed by atoms with Crippen LogP contribution in [0.1, 0.15) is 20.9 Å². The van der Waals surface area contributed by atoms with Crippen LogP contribution in [0.5, 0.6) is 0 Å². The quantitative estimate of drug-likeness (QED) is 0.457. The molecule has 0 saturated carbocycles. The molecule has 23 heavy (non-hydrogen) atoms. The van der Waals surface area contributed by atoms with Gasteiger partial charge in [-0.3, -0.25) is 4.79 Å². The third-order valence-corrected chi connectivity index (χ3v) is 4.88. The number of benzene rings is 1. The van der Waals surface area contributed by atoms with Crippen LogP contribution in [0.4, 0.5) is 0 Å². The van der Waals surface area contributed by atoms with Gasteiger partial charge in [0.15, 0.2) is 5.78 Å². The van der Waals surface area contributed by atoms with E-state index >= 15 is 0 Å². The first kappa shape index (κ1) is 16.0. The van der Waals surface area contributed by atoms with Crippen LogP contribution in [-0.2, 0) is 0 Å². The number of thiophene rings is 1. The third kappa shape index (κ3) is 3.39. The predicted octanol–water partition coefficient (Wildman–Crippen LogP) is 5.45. The number of aryl methyl sites for hydroxylation is 1. The van der Waals surface area contributed by atoms with Gasteiger partial charge in [0.2, 0.25) is 0 Å². The van der Waals surface area contributed by atoms with E-state index in [0.717, 1.165) is 16.9 Å². The topological polar surface area (TPSA) is 34.9 Å². The largest absolute Gasteiger partial charge is 0.288 e. The van der Waals surface area contributed by atoms with Crippen molar-refractivity contribution in [1.29, 1.82) is 0 Å². The number of carbonyl (C=O) groups excluding carboxylic acids is 1. The van der Waals surface area contributed by atoms with Gasteiger partial charge in [-0.15, -0.1) is 11.3 Å². The number of aromatic nitrogens is 2. The molecule has 0 aliphatic carbocycles. The van der Waals surface area contributed by atoms with E-state index in [2.05, 4.69) is 5.10 Å². The Morgan fingerprint density at radius 1 is 1.17 bits per heavy atom. The number of rotatable bonds is 4. The summed E-state index contributed by atoms with van der Waals surface area (Å²) in [6.07, 6.45) is 3.19. The maximum atomic E-state index is 12.1. The van der Waals surface area contributed by atoms with Gasteiger partial charge in [-0.1, -0.05) is 41.4 Å². The Labute approximate surface area is 147 Å². The minimum absolute atomic E-state index is 0.107. The summed E-state index contributed by atoms with van der Waals surface area (Å²) < 4.78 is 2.25. The lowest BCUT2D eigenvalue weighted by Gasteiger charge is -2.01. The van der Waals surface area contributed by atoms with E-state index in [1.165, 1.54) is 17.4 Å². The van der Waals surface area contributed by atoms with Gasteiger partial charge in [0, 0.05) is 5.56 Å². The summed E-state index contributed by atoms with van der Waals surface area (Å²) in [5.41, 5.74) is 2.36. The fraction of sp³-hybridized carbons (Fsp3) is 0.0588. The van der Waals surface area contributed by atoms with Crippen molar-refractivity contribution >= 4 is 46.4 Å². The molecule has 0 saturated heterocycles. The zero-order valence-corrected chi connectivity index (χ0v) is 14.5. The number of nitrogens with zero attached hydrogens (tertiary/aromatic N) is 2. The molecule has 2 heterocycles. The number of ketones is 1. The van der Waals surface area contributed by atoms with Crippen molar-refractivity contribution in [3.63, 3.8) is 0 Å². The van der Waals surface area contributed by atoms with Gasteiger partial charge in [0.1, 0.15) is 5.15 Å². The molecule has 0 amide bonds. The van der Waals surface area contributed by atoms with Gasteiger partial charge in [-0.05, 0) is 43.3 Å². The highest BCUT2D eigenvalue weighted by atomic mass is 35.5. The molecule has 3 rings (SSSR count). The number of hydrogen-bond acceptors (Lipinski definition) is 3. The Morgan fingerprint density at radius 3 is 2.57 bits per heavy atom. The van der Waals surface area contributed by atoms with Crippen LogP contribution >= 0.6 is 34.5 Å². The minimum atomic E-state index is -0.107. The molecule has 0 unspecified atom stereocenters. The Hall–Kier alpha value is -1.88. The first-order chi connectivity index (χ1) is 11.1. The first-order valence-electron chi connectivity index (χ1n) is 6.84. The third-order valence-electron chi connectivity index (χ3n) is 3.27. The highest BCUT2D eigenvalue weighted by Crippen LogP contribution is 2.26. The Bertz CT molecular complexity index is 881. The fourth-order valence-corrected chi connectivity index (χ4v) is 3.43. The van der Waals surface area contributed by atoms with Crippen LogP contribution in [0.2, 0.25) is 9.49 Å². The van der Waals surface area contributed by atoms with Gasteiger partial charge >= 0.3 is 0 Å². The average molecular weight is 363 g/mol. The monoisotopic (exact) mass is 362 g/mol. The van der Waals surface area contributed by atoms with Gasteiger partial charge in [0.05, 0.1) is 20.6 Å². The zero-order chi connectivity index (χ0) is 16.4. The molecule has 0 aliphatic heterocycles. The summed E-state index contributed by atoms with van der Waals surface area (Å²) >= 11 is 13.5. The van der Waals surface area contributed by atoms with Crippen LogP contribution in [-0.4, -0.2) is 15.6 Å². The van der Waals surface area contributed by atoms with Crippen molar-refractivity contribution in [2.24, 2.45) is 0 Å². The van der Waals surface area contributed by atoms with Crippen LogP contribution in [0.3, 0.4) is 0 Å². The van der Waals surface area contributed by atoms with Crippen LogP contribution in [0, 0.1) is 6.92 Å². The van der Waals surface area contributed by atoms with Crippen molar-refractivity contribution in [3.05, 3.63) is 74.2 Å². The molecule has 0 spiro atoms. The SMILES string of the molecule is Cc1nn(-c2ccccc2)c(Cl)c1/C=C/C(=O)c1ccc(Cl)s1. The standard InChI is InChI=1S/C17H12Cl2N2OS/c1-11-13(7-8-14(22)15-9-10-16(18)23-15)17(19)21(20-11)12-5-3-2-4-6-12/h2-10H,1H3/b8-7+. The van der Waals surface area contributed by atoms with Crippen molar-refractivity contribution in [2.45, 2.75) is 6.92 Å². The van der Waals surface area contributed by atoms with Gasteiger partial charge < -0.3 is 0 Å². The molecule has 1 aromatic carbocycles. The molecule has 0 aliphatic rings. The van der Waals surface area contributed by atoms with Crippen molar-refractivity contribution in [3.8, 4) is 5.69 Å². The second-order valence-corrected chi connectivity index (χ2v) is 6.91. The van der Waals surface area contributed by atoms with Crippen LogP contribution < -0.4 is 0 Å². The summed E-state index contributed by atoms with van der Waals surface area (Å²) in [6.45, 7) is 1.86. The summed E-state index contributed by atoms with van der Waals surface area (Å²) in [4.78, 5) is 12.7. The smallest absolute Gasteiger partial charge is 0.195 e. The molecule has 0 bridgehead atoms. The van der Waals surface area contributed by atoms with E-state index in [1.54, 1.807) is 22.9 Å². The molecule has 6 heteroatoms. The molecular weight excluding hydrogens is 351 g/mol. The molecule has 0 radical (unpaired) electrons. The van der Waals surface area contributed by atoms with Crippen LogP contribution in [0.25, 0.3) is 11.8 Å². The Kier molecular flexibility index (Phi) is 4.66. The summed E-state index contributed by atoms with van der Waals surface area (Å²) in [6, 6.07) is 13.0. The molecule has 0 N–H and O–H groups in total. The van der Waals surface area contributed by atoms with Crippen molar-refractivity contribution in [2.75, 3.05) is 0 Å². The summed E-state index contributed by atoms with van der Waals surface area (Å²) in [5.74, 6) is -0.107. The number of halogens is 2. The lowest BCUT2D eigenvalue weighted by molar-refractivity contribution is 0.105. The second kappa shape index (κ2) is 6.71. The maximum Gasteiger partial charge on any atom is 0.195 e. The first-order valence-corrected chi connectivity index (χ1v) is 8.42. The maximum absolute atomic E-state index is 12.1. The number of carbonyl (C=O) groups is 1. The van der Waals surface area contributed by atoms with E-state index < -0.39 is 0 Å². The molecule has 2 aromatic heterocycles. The van der Waals surface area contributed by atoms with E-state index in [0.29, 0.717) is 14.4 Å². The zero-order valence-electron chi connectivity index (χ0n) is 12.2. The Morgan fingerprint density at radius 2 is 1.91 bits per heavy atom.